The van der Waals surface area contributed by atoms with Gasteiger partial charge in [-0.25, -0.2) is 0 Å². The molecule has 0 spiro atoms. The van der Waals surface area contributed by atoms with E-state index in [4.69, 9.17) is 0 Å². The molecular formula is C16H12F3NO. The molecule has 1 aliphatic heterocycles. The van der Waals surface area contributed by atoms with Gasteiger partial charge in [-0.3, -0.25) is 4.79 Å². The van der Waals surface area contributed by atoms with E-state index in [1.807, 2.05) is 0 Å². The third-order valence-electron chi connectivity index (χ3n) is 3.59. The first-order chi connectivity index (χ1) is 9.97. The van der Waals surface area contributed by atoms with Crippen LogP contribution in [0.25, 0.3) is 0 Å². The lowest BCUT2D eigenvalue weighted by Crippen LogP contribution is -2.25. The number of alkyl halides is 3. The molecule has 108 valence electrons. The SMILES string of the molecule is O=C1C[C@@H](c2ccccc2C(F)(F)F)Nc2ccccc21. The van der Waals surface area contributed by atoms with Gasteiger partial charge in [0.15, 0.2) is 5.78 Å². The Morgan fingerprint density at radius 1 is 1.00 bits per heavy atom. The minimum absolute atomic E-state index is 0.0180. The Morgan fingerprint density at radius 2 is 1.67 bits per heavy atom. The van der Waals surface area contributed by atoms with Crippen molar-refractivity contribution in [3.63, 3.8) is 0 Å². The molecule has 5 heteroatoms. The van der Waals surface area contributed by atoms with Crippen LogP contribution in [0.4, 0.5) is 18.9 Å². The molecule has 1 heterocycles. The maximum atomic E-state index is 13.1. The van der Waals surface area contributed by atoms with Gasteiger partial charge in [0.2, 0.25) is 0 Å². The molecular weight excluding hydrogens is 279 g/mol. The number of nitrogens with one attached hydrogen (secondary N) is 1. The largest absolute Gasteiger partial charge is 0.416 e. The van der Waals surface area contributed by atoms with E-state index in [0.717, 1.165) is 6.07 Å². The fraction of sp³-hybridized carbons (Fsp3) is 0.188. The minimum Gasteiger partial charge on any atom is -0.377 e. The lowest BCUT2D eigenvalue weighted by atomic mass is 9.90. The summed E-state index contributed by atoms with van der Waals surface area (Å²) in [5.41, 5.74) is 0.511. The standard InChI is InChI=1S/C16H12F3NO/c17-16(18,19)12-7-3-1-5-10(12)14-9-15(21)11-6-2-4-8-13(11)20-14/h1-8,14,20H,9H2/t14-/m0/s1. The first-order valence-electron chi connectivity index (χ1n) is 6.51. The number of fused-ring (bicyclic) bond motifs is 1. The second-order valence-electron chi connectivity index (χ2n) is 4.95. The second-order valence-corrected chi connectivity index (χ2v) is 4.95. The fourth-order valence-electron chi connectivity index (χ4n) is 2.63. The van der Waals surface area contributed by atoms with Crippen molar-refractivity contribution in [1.29, 1.82) is 0 Å². The van der Waals surface area contributed by atoms with Crippen LogP contribution in [0.3, 0.4) is 0 Å². The lowest BCUT2D eigenvalue weighted by Gasteiger charge is -2.28. The Morgan fingerprint density at radius 3 is 2.43 bits per heavy atom. The number of carbonyl (C=O) groups is 1. The third-order valence-corrected chi connectivity index (χ3v) is 3.59. The molecule has 0 saturated heterocycles. The lowest BCUT2D eigenvalue weighted by molar-refractivity contribution is -0.138. The molecule has 0 fully saturated rings. The van der Waals surface area contributed by atoms with Crippen LogP contribution in [0.1, 0.15) is 33.9 Å². The smallest absolute Gasteiger partial charge is 0.377 e. The van der Waals surface area contributed by atoms with Crippen molar-refractivity contribution >= 4 is 11.5 Å². The van der Waals surface area contributed by atoms with Crippen LogP contribution in [0.5, 0.6) is 0 Å². The maximum Gasteiger partial charge on any atom is 0.416 e. The second kappa shape index (κ2) is 4.91. The average Bonchev–Trinajstić information content (AvgIpc) is 2.46. The summed E-state index contributed by atoms with van der Waals surface area (Å²) in [4.78, 5) is 12.1. The van der Waals surface area contributed by atoms with Crippen LogP contribution in [-0.2, 0) is 6.18 Å². The van der Waals surface area contributed by atoms with E-state index < -0.39 is 17.8 Å². The van der Waals surface area contributed by atoms with Gasteiger partial charge in [-0.15, -0.1) is 0 Å². The zero-order valence-electron chi connectivity index (χ0n) is 10.9. The monoisotopic (exact) mass is 291 g/mol. The minimum atomic E-state index is -4.43. The van der Waals surface area contributed by atoms with Crippen LogP contribution in [0, 0.1) is 0 Å². The van der Waals surface area contributed by atoms with Gasteiger partial charge in [0.25, 0.3) is 0 Å². The maximum absolute atomic E-state index is 13.1. The van der Waals surface area contributed by atoms with Crippen LogP contribution in [0.15, 0.2) is 48.5 Å². The number of hydrogen-bond donors (Lipinski definition) is 1. The molecule has 0 saturated carbocycles. The summed E-state index contributed by atoms with van der Waals surface area (Å²) in [6, 6.07) is 11.6. The van der Waals surface area contributed by atoms with Crippen molar-refractivity contribution in [2.75, 3.05) is 5.32 Å². The molecule has 2 aromatic carbocycles. The summed E-state index contributed by atoms with van der Waals surface area (Å²) >= 11 is 0. The first kappa shape index (κ1) is 13.7. The van der Waals surface area contributed by atoms with Gasteiger partial charge < -0.3 is 5.32 Å². The number of Topliss-reactive ketones (excluding diaryl/α,β-unsaturated/α-hetero) is 1. The Bertz CT molecular complexity index is 694. The number of benzene rings is 2. The van der Waals surface area contributed by atoms with Crippen LogP contribution in [0.2, 0.25) is 0 Å². The van der Waals surface area contributed by atoms with Crippen LogP contribution in [-0.4, -0.2) is 5.78 Å². The van der Waals surface area contributed by atoms with Crippen molar-refractivity contribution in [2.24, 2.45) is 0 Å². The highest BCUT2D eigenvalue weighted by Crippen LogP contribution is 2.39. The number of para-hydroxylation sites is 1. The van der Waals surface area contributed by atoms with Gasteiger partial charge in [-0.2, -0.15) is 13.2 Å². The summed E-state index contributed by atoms with van der Waals surface area (Å²) < 4.78 is 39.3. The highest BCUT2D eigenvalue weighted by atomic mass is 19.4. The Hall–Kier alpha value is -2.30. The number of carbonyl (C=O) groups excluding carboxylic acids is 1. The van der Waals surface area contributed by atoms with E-state index in [0.29, 0.717) is 11.3 Å². The Kier molecular flexibility index (Phi) is 3.20. The summed E-state index contributed by atoms with van der Waals surface area (Å²) in [5.74, 6) is -0.147. The molecule has 0 aliphatic carbocycles. The molecule has 1 aliphatic rings. The van der Waals surface area contributed by atoms with Crippen molar-refractivity contribution in [2.45, 2.75) is 18.6 Å². The predicted molar refractivity (Wildman–Crippen MR) is 73.2 cm³/mol. The quantitative estimate of drug-likeness (QED) is 0.841. The van der Waals surface area contributed by atoms with Gasteiger partial charge in [0, 0.05) is 17.7 Å². The first-order valence-corrected chi connectivity index (χ1v) is 6.51. The van der Waals surface area contributed by atoms with Gasteiger partial charge in [0.1, 0.15) is 0 Å². The average molecular weight is 291 g/mol. The Balaban J connectivity index is 2.03. The van der Waals surface area contributed by atoms with Crippen molar-refractivity contribution in [3.8, 4) is 0 Å². The van der Waals surface area contributed by atoms with Crippen molar-refractivity contribution in [1.82, 2.24) is 0 Å². The number of ketones is 1. The summed E-state index contributed by atoms with van der Waals surface area (Å²) in [5, 5.41) is 3.04. The number of anilines is 1. The summed E-state index contributed by atoms with van der Waals surface area (Å²) in [6.45, 7) is 0. The van der Waals surface area contributed by atoms with E-state index >= 15 is 0 Å². The van der Waals surface area contributed by atoms with E-state index in [9.17, 15) is 18.0 Å². The zero-order valence-corrected chi connectivity index (χ0v) is 10.9. The van der Waals surface area contributed by atoms with E-state index in [1.165, 1.54) is 12.1 Å². The van der Waals surface area contributed by atoms with Gasteiger partial charge in [-0.05, 0) is 23.8 Å². The van der Waals surface area contributed by atoms with Gasteiger partial charge >= 0.3 is 6.18 Å². The molecule has 2 aromatic rings. The van der Waals surface area contributed by atoms with Crippen LogP contribution >= 0.6 is 0 Å². The molecule has 0 bridgehead atoms. The third kappa shape index (κ3) is 2.51. The Labute approximate surface area is 119 Å². The molecule has 1 N–H and O–H groups in total. The molecule has 0 radical (unpaired) electrons. The summed E-state index contributed by atoms with van der Waals surface area (Å²) in [6.07, 6.45) is -4.41. The summed E-state index contributed by atoms with van der Waals surface area (Å²) in [7, 11) is 0. The van der Waals surface area contributed by atoms with Crippen LogP contribution < -0.4 is 5.32 Å². The molecule has 2 nitrogen and oxygen atoms in total. The molecule has 1 atom stereocenters. The molecule has 21 heavy (non-hydrogen) atoms. The molecule has 0 aromatic heterocycles. The van der Waals surface area contributed by atoms with E-state index in [2.05, 4.69) is 5.32 Å². The molecule has 3 rings (SSSR count). The molecule has 0 unspecified atom stereocenters. The van der Waals surface area contributed by atoms with Crippen molar-refractivity contribution < 1.29 is 18.0 Å². The van der Waals surface area contributed by atoms with Gasteiger partial charge in [0.05, 0.1) is 11.6 Å². The number of halogens is 3. The topological polar surface area (TPSA) is 29.1 Å². The molecule has 0 amide bonds. The zero-order chi connectivity index (χ0) is 15.0. The van der Waals surface area contributed by atoms with Gasteiger partial charge in [-0.1, -0.05) is 30.3 Å². The highest BCUT2D eigenvalue weighted by Gasteiger charge is 2.36. The van der Waals surface area contributed by atoms with E-state index in [-0.39, 0.29) is 17.8 Å². The fourth-order valence-corrected chi connectivity index (χ4v) is 2.63. The van der Waals surface area contributed by atoms with E-state index in [1.54, 1.807) is 30.3 Å². The van der Waals surface area contributed by atoms with Crippen molar-refractivity contribution in [3.05, 3.63) is 65.2 Å². The highest BCUT2D eigenvalue weighted by molar-refractivity contribution is 6.03. The number of hydrogen-bond acceptors (Lipinski definition) is 2. The number of rotatable bonds is 1. The predicted octanol–water partition coefficient (Wildman–Crippen LogP) is 4.45. The normalized spacial score (nSPS) is 18.0.